The van der Waals surface area contributed by atoms with Crippen LogP contribution in [0.15, 0.2) is 65.3 Å². The van der Waals surface area contributed by atoms with E-state index in [1.807, 2.05) is 0 Å². The number of hydrogen-bond acceptors (Lipinski definition) is 6. The lowest BCUT2D eigenvalue weighted by Crippen LogP contribution is -2.12. The molecule has 9 heteroatoms. The first kappa shape index (κ1) is 17.6. The highest BCUT2D eigenvalue weighted by Crippen LogP contribution is 2.27. The smallest absolute Gasteiger partial charge is 0.270 e. The first-order chi connectivity index (χ1) is 13.5. The van der Waals surface area contributed by atoms with Gasteiger partial charge in [-0.3, -0.25) is 19.9 Å². The summed E-state index contributed by atoms with van der Waals surface area (Å²) in [6, 6.07) is 12.3. The SMILES string of the molecule is O=C(Nc1ccc2oc(-c3ccncc3)nc2c1)c1ccc([N+](=O)[O-])cc1Cl. The Kier molecular flexibility index (Phi) is 4.46. The first-order valence-electron chi connectivity index (χ1n) is 8.07. The zero-order chi connectivity index (χ0) is 19.7. The van der Waals surface area contributed by atoms with Gasteiger partial charge in [0, 0.05) is 35.8 Å². The van der Waals surface area contributed by atoms with Crippen molar-refractivity contribution in [3.63, 3.8) is 0 Å². The predicted molar refractivity (Wildman–Crippen MR) is 103 cm³/mol. The highest BCUT2D eigenvalue weighted by molar-refractivity contribution is 6.34. The second-order valence-corrected chi connectivity index (χ2v) is 6.22. The number of rotatable bonds is 4. The van der Waals surface area contributed by atoms with Gasteiger partial charge in [0.1, 0.15) is 5.52 Å². The molecule has 1 amide bonds. The Labute approximate surface area is 162 Å². The van der Waals surface area contributed by atoms with Gasteiger partial charge in [-0.25, -0.2) is 4.98 Å². The number of non-ortho nitro benzene ring substituents is 1. The lowest BCUT2D eigenvalue weighted by Gasteiger charge is -2.06. The number of hydrogen-bond donors (Lipinski definition) is 1. The molecule has 0 aliphatic heterocycles. The molecule has 2 aromatic heterocycles. The molecule has 0 fully saturated rings. The van der Waals surface area contributed by atoms with Crippen LogP contribution in [0.1, 0.15) is 10.4 Å². The lowest BCUT2D eigenvalue weighted by molar-refractivity contribution is -0.384. The third-order valence-electron chi connectivity index (χ3n) is 3.98. The minimum Gasteiger partial charge on any atom is -0.436 e. The van der Waals surface area contributed by atoms with E-state index >= 15 is 0 Å². The number of nitro benzene ring substituents is 1. The summed E-state index contributed by atoms with van der Waals surface area (Å²) in [7, 11) is 0. The normalized spacial score (nSPS) is 10.8. The van der Waals surface area contributed by atoms with Gasteiger partial charge < -0.3 is 9.73 Å². The van der Waals surface area contributed by atoms with Crippen molar-refractivity contribution in [2.45, 2.75) is 0 Å². The maximum atomic E-state index is 12.5. The van der Waals surface area contributed by atoms with Crippen molar-refractivity contribution in [3.8, 4) is 11.5 Å². The van der Waals surface area contributed by atoms with E-state index in [1.54, 1.807) is 42.7 Å². The Morgan fingerprint density at radius 2 is 1.89 bits per heavy atom. The van der Waals surface area contributed by atoms with Gasteiger partial charge in [0.05, 0.1) is 15.5 Å². The largest absolute Gasteiger partial charge is 0.436 e. The van der Waals surface area contributed by atoms with Crippen LogP contribution in [0.5, 0.6) is 0 Å². The Bertz CT molecular complexity index is 1210. The van der Waals surface area contributed by atoms with Crippen LogP contribution in [0.4, 0.5) is 11.4 Å². The molecule has 0 aliphatic rings. The number of aromatic nitrogens is 2. The van der Waals surface area contributed by atoms with Gasteiger partial charge in [-0.1, -0.05) is 11.6 Å². The second kappa shape index (κ2) is 7.09. The Morgan fingerprint density at radius 3 is 2.61 bits per heavy atom. The molecule has 0 radical (unpaired) electrons. The summed E-state index contributed by atoms with van der Waals surface area (Å²) in [5, 5.41) is 13.5. The molecule has 4 rings (SSSR count). The summed E-state index contributed by atoms with van der Waals surface area (Å²) in [6.45, 7) is 0. The molecule has 0 unspecified atom stereocenters. The van der Waals surface area contributed by atoms with Crippen LogP contribution < -0.4 is 5.32 Å². The highest BCUT2D eigenvalue weighted by atomic mass is 35.5. The van der Waals surface area contributed by atoms with E-state index < -0.39 is 10.8 Å². The summed E-state index contributed by atoms with van der Waals surface area (Å²) in [4.78, 5) is 31.0. The van der Waals surface area contributed by atoms with Gasteiger partial charge in [-0.05, 0) is 36.4 Å². The minimum atomic E-state index is -0.577. The van der Waals surface area contributed by atoms with Crippen LogP contribution in [0.25, 0.3) is 22.6 Å². The fourth-order valence-electron chi connectivity index (χ4n) is 2.62. The van der Waals surface area contributed by atoms with Gasteiger partial charge in [-0.2, -0.15) is 0 Å². The van der Waals surface area contributed by atoms with Crippen LogP contribution in [0.2, 0.25) is 5.02 Å². The lowest BCUT2D eigenvalue weighted by atomic mass is 10.2. The molecule has 0 atom stereocenters. The maximum Gasteiger partial charge on any atom is 0.270 e. The third-order valence-corrected chi connectivity index (χ3v) is 4.29. The zero-order valence-corrected chi connectivity index (χ0v) is 14.9. The number of benzene rings is 2. The molecule has 1 N–H and O–H groups in total. The van der Waals surface area contributed by atoms with Gasteiger partial charge in [0.15, 0.2) is 5.58 Å². The Morgan fingerprint density at radius 1 is 1.11 bits per heavy atom. The van der Waals surface area contributed by atoms with Crippen molar-refractivity contribution in [1.82, 2.24) is 9.97 Å². The summed E-state index contributed by atoms with van der Waals surface area (Å²) in [5.74, 6) is -0.0450. The van der Waals surface area contributed by atoms with Crippen molar-refractivity contribution >= 4 is 40.0 Å². The van der Waals surface area contributed by atoms with E-state index in [1.165, 1.54) is 12.1 Å². The van der Waals surface area contributed by atoms with Crippen molar-refractivity contribution in [3.05, 3.63) is 81.6 Å². The van der Waals surface area contributed by atoms with E-state index in [9.17, 15) is 14.9 Å². The summed E-state index contributed by atoms with van der Waals surface area (Å²) >= 11 is 6.00. The van der Waals surface area contributed by atoms with Gasteiger partial charge in [0.2, 0.25) is 5.89 Å². The summed E-state index contributed by atoms with van der Waals surface area (Å²) in [6.07, 6.45) is 3.29. The van der Waals surface area contributed by atoms with Gasteiger partial charge in [-0.15, -0.1) is 0 Å². The van der Waals surface area contributed by atoms with Gasteiger partial charge >= 0.3 is 0 Å². The summed E-state index contributed by atoms with van der Waals surface area (Å²) in [5.41, 5.74) is 2.35. The molecule has 0 spiro atoms. The minimum absolute atomic E-state index is 0.00538. The molecule has 138 valence electrons. The number of carbonyl (C=O) groups is 1. The first-order valence-corrected chi connectivity index (χ1v) is 8.45. The van der Waals surface area contributed by atoms with Crippen molar-refractivity contribution in [1.29, 1.82) is 0 Å². The molecule has 2 heterocycles. The van der Waals surface area contributed by atoms with E-state index in [-0.39, 0.29) is 16.3 Å². The monoisotopic (exact) mass is 394 g/mol. The number of oxazole rings is 1. The molecule has 0 bridgehead atoms. The highest BCUT2D eigenvalue weighted by Gasteiger charge is 2.16. The number of pyridine rings is 1. The third kappa shape index (κ3) is 3.40. The summed E-state index contributed by atoms with van der Waals surface area (Å²) < 4.78 is 5.72. The molecule has 28 heavy (non-hydrogen) atoms. The van der Waals surface area contributed by atoms with Crippen molar-refractivity contribution in [2.24, 2.45) is 0 Å². The standard InChI is InChI=1S/C19H11ClN4O4/c20-15-10-13(24(26)27)2-3-14(15)18(25)22-12-1-4-17-16(9-12)23-19(28-17)11-5-7-21-8-6-11/h1-10H,(H,22,25). The number of nitrogens with one attached hydrogen (secondary N) is 1. The molecule has 4 aromatic rings. The van der Waals surface area contributed by atoms with Crippen LogP contribution in [0.3, 0.4) is 0 Å². The molecule has 8 nitrogen and oxygen atoms in total. The number of carbonyl (C=O) groups excluding carboxylic acids is 1. The van der Waals surface area contributed by atoms with Crippen molar-refractivity contribution < 1.29 is 14.1 Å². The second-order valence-electron chi connectivity index (χ2n) is 5.81. The number of amides is 1. The fourth-order valence-corrected chi connectivity index (χ4v) is 2.88. The number of nitrogens with zero attached hydrogens (tertiary/aromatic N) is 3. The molecule has 2 aromatic carbocycles. The molecule has 0 saturated heterocycles. The molecular weight excluding hydrogens is 384 g/mol. The zero-order valence-electron chi connectivity index (χ0n) is 14.1. The van der Waals surface area contributed by atoms with E-state index in [0.29, 0.717) is 22.7 Å². The number of fused-ring (bicyclic) bond motifs is 1. The van der Waals surface area contributed by atoms with Gasteiger partial charge in [0.25, 0.3) is 11.6 Å². The molecular formula is C19H11ClN4O4. The van der Waals surface area contributed by atoms with E-state index in [0.717, 1.165) is 11.6 Å². The number of anilines is 1. The van der Waals surface area contributed by atoms with Crippen LogP contribution in [0, 0.1) is 10.1 Å². The Balaban J connectivity index is 1.59. The number of nitro groups is 1. The van der Waals surface area contributed by atoms with Crippen LogP contribution in [-0.4, -0.2) is 20.8 Å². The quantitative estimate of drug-likeness (QED) is 0.396. The Hall–Kier alpha value is -3.78. The maximum absolute atomic E-state index is 12.5. The number of halogens is 1. The topological polar surface area (TPSA) is 111 Å². The van der Waals surface area contributed by atoms with Crippen LogP contribution >= 0.6 is 11.6 Å². The van der Waals surface area contributed by atoms with Crippen LogP contribution in [-0.2, 0) is 0 Å². The van der Waals surface area contributed by atoms with E-state index in [4.69, 9.17) is 16.0 Å². The average Bonchev–Trinajstić information content (AvgIpc) is 3.12. The molecule has 0 saturated carbocycles. The fraction of sp³-hybridized carbons (Fsp3) is 0. The van der Waals surface area contributed by atoms with Crippen molar-refractivity contribution in [2.75, 3.05) is 5.32 Å². The molecule has 0 aliphatic carbocycles. The average molecular weight is 395 g/mol. The predicted octanol–water partition coefficient (Wildman–Crippen LogP) is 4.70. The van der Waals surface area contributed by atoms with E-state index in [2.05, 4.69) is 15.3 Å².